The second-order valence-corrected chi connectivity index (χ2v) is 9.31. The number of H-pyrrole nitrogens is 1. The van der Waals surface area contributed by atoms with Crippen LogP contribution in [0.2, 0.25) is 0 Å². The van der Waals surface area contributed by atoms with Gasteiger partial charge in [0.1, 0.15) is 12.3 Å². The maximum Gasteiger partial charge on any atom is 0.330 e. The molecule has 20 heavy (non-hydrogen) atoms. The van der Waals surface area contributed by atoms with Gasteiger partial charge in [0.15, 0.2) is 0 Å². The minimum Gasteiger partial charge on any atom is -0.394 e. The number of aromatic amines is 1. The summed E-state index contributed by atoms with van der Waals surface area (Å²) < 4.78 is 11.8. The van der Waals surface area contributed by atoms with Gasteiger partial charge in [-0.05, 0) is 11.8 Å². The summed E-state index contributed by atoms with van der Waals surface area (Å²) in [5, 5.41) is 9.23. The Bertz CT molecular complexity index is 640. The molecule has 1 aromatic heterocycles. The molecule has 1 fully saturated rings. The van der Waals surface area contributed by atoms with Gasteiger partial charge < -0.3 is 19.3 Å². The van der Waals surface area contributed by atoms with Crippen molar-refractivity contribution in [3.63, 3.8) is 0 Å². The van der Waals surface area contributed by atoms with Gasteiger partial charge in [0.25, 0.3) is 5.56 Å². The first kappa shape index (κ1) is 15.9. The van der Waals surface area contributed by atoms with E-state index in [-0.39, 0.29) is 13.0 Å². The quantitative estimate of drug-likeness (QED) is 0.425. The highest BCUT2D eigenvalue weighted by atomic mass is 32.9. The second kappa shape index (κ2) is 6.10. The number of thiol groups is 1. The molecule has 2 rings (SSSR count). The number of ether oxygens (including phenoxy) is 1. The average molecular weight is 340 g/mol. The largest absolute Gasteiger partial charge is 0.394 e. The standard InChI is InChI=1S/C9H13N2O6PS2/c12-4-6-5(17-18(15,19)20)3-8(16-6)11-2-1-7(13)10-9(11)14/h1-2,5-6,8,12H,3-4H2,(H,10,13,14)(H2,15,19,20)/t5-,6+,8+/m0/s1. The molecule has 0 radical (unpaired) electrons. The fourth-order valence-electron chi connectivity index (χ4n) is 1.98. The van der Waals surface area contributed by atoms with E-state index in [0.29, 0.717) is 0 Å². The molecule has 11 heteroatoms. The summed E-state index contributed by atoms with van der Waals surface area (Å²) in [5.74, 6) is 0. The maximum atomic E-state index is 11.7. The zero-order valence-corrected chi connectivity index (χ0v) is 12.7. The lowest BCUT2D eigenvalue weighted by molar-refractivity contribution is -0.0416. The van der Waals surface area contributed by atoms with Crippen molar-refractivity contribution in [2.75, 3.05) is 6.61 Å². The highest BCUT2D eigenvalue weighted by molar-refractivity contribution is 8.59. The zero-order chi connectivity index (χ0) is 14.9. The number of hydrogen-bond acceptors (Lipinski definition) is 6. The highest BCUT2D eigenvalue weighted by Gasteiger charge is 2.39. The van der Waals surface area contributed by atoms with Crippen LogP contribution >= 0.6 is 17.9 Å². The van der Waals surface area contributed by atoms with Crippen LogP contribution in [0, 0.1) is 0 Å². The van der Waals surface area contributed by atoms with E-state index >= 15 is 0 Å². The molecule has 0 aliphatic carbocycles. The predicted octanol–water partition coefficient (Wildman–Crippen LogP) is -0.652. The van der Waals surface area contributed by atoms with Crippen LogP contribution in [0.4, 0.5) is 0 Å². The first-order valence-corrected chi connectivity index (χ1v) is 9.44. The molecule has 3 N–H and O–H groups in total. The van der Waals surface area contributed by atoms with Gasteiger partial charge in [0, 0.05) is 18.7 Å². The Labute approximate surface area is 123 Å². The molecule has 1 aliphatic rings. The number of hydrogen-bond donors (Lipinski definition) is 4. The van der Waals surface area contributed by atoms with Crippen molar-refractivity contribution in [1.82, 2.24) is 9.55 Å². The van der Waals surface area contributed by atoms with Crippen LogP contribution < -0.4 is 11.2 Å². The first-order chi connectivity index (χ1) is 9.30. The topological polar surface area (TPSA) is 114 Å². The van der Waals surface area contributed by atoms with Crippen molar-refractivity contribution in [2.45, 2.75) is 24.9 Å². The molecular formula is C9H13N2O6PS2. The summed E-state index contributed by atoms with van der Waals surface area (Å²) in [5.41, 5.74) is -4.36. The molecule has 2 heterocycles. The van der Waals surface area contributed by atoms with Crippen molar-refractivity contribution in [3.8, 4) is 0 Å². The van der Waals surface area contributed by atoms with Crippen LogP contribution in [0.1, 0.15) is 12.6 Å². The van der Waals surface area contributed by atoms with Gasteiger partial charge in [-0.3, -0.25) is 14.3 Å². The first-order valence-electron chi connectivity index (χ1n) is 5.62. The summed E-state index contributed by atoms with van der Waals surface area (Å²) in [7, 11) is 0. The third-order valence-corrected chi connectivity index (χ3v) is 3.88. The highest BCUT2D eigenvalue weighted by Crippen LogP contribution is 2.51. The normalized spacial score (nSPS) is 29.2. The zero-order valence-electron chi connectivity index (χ0n) is 10.1. The summed E-state index contributed by atoms with van der Waals surface area (Å²) in [6, 6.07) is 1.18. The van der Waals surface area contributed by atoms with Gasteiger partial charge in [0.05, 0.1) is 12.7 Å². The number of aromatic nitrogens is 2. The molecule has 112 valence electrons. The molecule has 0 spiro atoms. The molecule has 1 aliphatic heterocycles. The SMILES string of the molecule is O=c1ccn([C@H]2C[C@H](OP(O)(=S)S)[C@@H](CO)O2)c(=O)[nH]1. The van der Waals surface area contributed by atoms with Crippen molar-refractivity contribution in [1.29, 1.82) is 0 Å². The smallest absolute Gasteiger partial charge is 0.330 e. The monoisotopic (exact) mass is 340 g/mol. The van der Waals surface area contributed by atoms with Crippen LogP contribution in [0.15, 0.2) is 21.9 Å². The molecule has 0 saturated carbocycles. The molecule has 1 aromatic rings. The Morgan fingerprint density at radius 1 is 1.65 bits per heavy atom. The lowest BCUT2D eigenvalue weighted by Gasteiger charge is -2.19. The molecule has 4 atom stereocenters. The number of aliphatic hydroxyl groups excluding tert-OH is 1. The Kier molecular flexibility index (Phi) is 4.85. The van der Waals surface area contributed by atoms with Crippen LogP contribution in [-0.4, -0.2) is 38.4 Å². The molecule has 0 aromatic carbocycles. The van der Waals surface area contributed by atoms with E-state index in [1.807, 2.05) is 0 Å². The minimum atomic E-state index is -3.21. The van der Waals surface area contributed by atoms with E-state index in [1.54, 1.807) is 0 Å². The van der Waals surface area contributed by atoms with Crippen LogP contribution in [0.5, 0.6) is 0 Å². The Balaban J connectivity index is 2.22. The predicted molar refractivity (Wildman–Crippen MR) is 77.3 cm³/mol. The molecule has 0 amide bonds. The van der Waals surface area contributed by atoms with Crippen molar-refractivity contribution in [2.24, 2.45) is 0 Å². The molecule has 8 nitrogen and oxygen atoms in total. The van der Waals surface area contributed by atoms with Crippen LogP contribution in [0.3, 0.4) is 0 Å². The molecule has 1 saturated heterocycles. The van der Waals surface area contributed by atoms with E-state index in [2.05, 4.69) is 29.0 Å². The lowest BCUT2D eigenvalue weighted by atomic mass is 10.2. The third-order valence-electron chi connectivity index (χ3n) is 2.79. The Morgan fingerprint density at radius 3 is 2.90 bits per heavy atom. The molecule has 0 bridgehead atoms. The van der Waals surface area contributed by atoms with E-state index in [9.17, 15) is 19.6 Å². The second-order valence-electron chi connectivity index (χ2n) is 4.20. The van der Waals surface area contributed by atoms with Gasteiger partial charge in [-0.25, -0.2) is 4.79 Å². The third kappa shape index (κ3) is 3.79. The van der Waals surface area contributed by atoms with Crippen molar-refractivity contribution < 1.29 is 19.3 Å². The summed E-state index contributed by atoms with van der Waals surface area (Å²) >= 11 is 8.44. The maximum absolute atomic E-state index is 11.7. The molecule has 1 unspecified atom stereocenters. The minimum absolute atomic E-state index is 0.191. The fraction of sp³-hybridized carbons (Fsp3) is 0.556. The Morgan fingerprint density at radius 2 is 2.35 bits per heavy atom. The van der Waals surface area contributed by atoms with Crippen LogP contribution in [-0.2, 0) is 21.1 Å². The van der Waals surface area contributed by atoms with E-state index in [4.69, 9.17) is 9.26 Å². The van der Waals surface area contributed by atoms with Gasteiger partial charge in [-0.15, -0.1) is 0 Å². The fourth-order valence-corrected chi connectivity index (χ4v) is 3.25. The molecular weight excluding hydrogens is 327 g/mol. The van der Waals surface area contributed by atoms with E-state index in [1.165, 1.54) is 16.8 Å². The van der Waals surface area contributed by atoms with Gasteiger partial charge in [-0.1, -0.05) is 12.2 Å². The van der Waals surface area contributed by atoms with Gasteiger partial charge in [0.2, 0.25) is 5.69 Å². The van der Waals surface area contributed by atoms with E-state index in [0.717, 1.165) is 0 Å². The van der Waals surface area contributed by atoms with Gasteiger partial charge >= 0.3 is 5.69 Å². The number of aliphatic hydroxyl groups is 1. The van der Waals surface area contributed by atoms with Crippen molar-refractivity contribution >= 4 is 29.7 Å². The van der Waals surface area contributed by atoms with Crippen LogP contribution in [0.25, 0.3) is 0 Å². The average Bonchev–Trinajstić information content (AvgIpc) is 2.69. The van der Waals surface area contributed by atoms with E-state index < -0.39 is 35.4 Å². The number of nitrogens with one attached hydrogen (secondary N) is 1. The summed E-state index contributed by atoms with van der Waals surface area (Å²) in [6.07, 6.45) is -0.663. The summed E-state index contributed by atoms with van der Waals surface area (Å²) in [6.45, 7) is -0.359. The van der Waals surface area contributed by atoms with Crippen molar-refractivity contribution in [3.05, 3.63) is 33.1 Å². The summed E-state index contributed by atoms with van der Waals surface area (Å²) in [4.78, 5) is 34.2. The number of rotatable bonds is 4. The van der Waals surface area contributed by atoms with Gasteiger partial charge in [-0.2, -0.15) is 0 Å². The Hall–Kier alpha value is -0.480. The lowest BCUT2D eigenvalue weighted by Crippen LogP contribution is -2.31. The number of nitrogens with zero attached hydrogens (tertiary/aromatic N) is 1.